The van der Waals surface area contributed by atoms with Crippen LogP contribution in [-0.4, -0.2) is 12.3 Å². The first-order valence-electron chi connectivity index (χ1n) is 14.6. The van der Waals surface area contributed by atoms with E-state index in [1.54, 1.807) is 0 Å². The van der Waals surface area contributed by atoms with Gasteiger partial charge in [0.15, 0.2) is 0 Å². The zero-order chi connectivity index (χ0) is 29.3. The lowest BCUT2D eigenvalue weighted by Gasteiger charge is -2.22. The van der Waals surface area contributed by atoms with Crippen LogP contribution in [-0.2, 0) is 5.41 Å². The van der Waals surface area contributed by atoms with Crippen LogP contribution >= 0.6 is 0 Å². The Hall–Kier alpha value is -4.57. The lowest BCUT2D eigenvalue weighted by atomic mass is 9.81. The summed E-state index contributed by atoms with van der Waals surface area (Å²) >= 11 is 0. The second-order valence-electron chi connectivity index (χ2n) is 11.7. The van der Waals surface area contributed by atoms with Gasteiger partial charge in [-0.05, 0) is 86.5 Å². The van der Waals surface area contributed by atoms with Gasteiger partial charge in [-0.1, -0.05) is 123 Å². The molecule has 208 valence electrons. The fraction of sp³-hybridized carbons (Fsp3) is 0.154. The van der Waals surface area contributed by atoms with Gasteiger partial charge in [0.25, 0.3) is 0 Å². The largest absolute Gasteiger partial charge is 0.312 e. The van der Waals surface area contributed by atoms with Crippen molar-refractivity contribution < 1.29 is 0 Å². The van der Waals surface area contributed by atoms with E-state index in [0.717, 1.165) is 16.7 Å². The number of hydrogen-bond donors (Lipinski definition) is 3. The van der Waals surface area contributed by atoms with E-state index in [1.165, 1.54) is 50.4 Å². The van der Waals surface area contributed by atoms with Gasteiger partial charge >= 0.3 is 0 Å². The Bertz CT molecular complexity index is 1830. The molecule has 6 rings (SSSR count). The first kappa shape index (κ1) is 27.6. The maximum Gasteiger partial charge on any atom is 0.0817 e. The van der Waals surface area contributed by atoms with Crippen LogP contribution in [0.4, 0.5) is 0 Å². The molecule has 0 aliphatic heterocycles. The molecule has 0 saturated heterocycles. The normalized spacial score (nSPS) is 15.4. The van der Waals surface area contributed by atoms with Crippen molar-refractivity contribution in [2.24, 2.45) is 5.73 Å². The Morgan fingerprint density at radius 3 is 2.26 bits per heavy atom. The number of nitrogens with two attached hydrogens (primary N) is 1. The molecule has 0 amide bonds. The van der Waals surface area contributed by atoms with Gasteiger partial charge in [-0.2, -0.15) is 0 Å². The monoisotopic (exact) mass is 547 g/mol. The highest BCUT2D eigenvalue weighted by molar-refractivity contribution is 5.98. The van der Waals surface area contributed by atoms with E-state index in [2.05, 4.69) is 110 Å². The van der Waals surface area contributed by atoms with E-state index in [-0.39, 0.29) is 17.6 Å². The summed E-state index contributed by atoms with van der Waals surface area (Å²) in [5, 5.41) is 13.7. The Morgan fingerprint density at radius 1 is 0.786 bits per heavy atom. The summed E-state index contributed by atoms with van der Waals surface area (Å²) in [7, 11) is 0. The SMILES string of the molecule is C/C(=C\C=N)C(/C=C/c1cccc(-c2cccc3c2-c2cc4ccccc4cc2C3(C)C)c1)NC(N)c1ccccc1. The fourth-order valence-corrected chi connectivity index (χ4v) is 6.25. The molecule has 0 fully saturated rings. The molecular weight excluding hydrogens is 510 g/mol. The third kappa shape index (κ3) is 5.14. The average molecular weight is 548 g/mol. The van der Waals surface area contributed by atoms with E-state index in [0.29, 0.717) is 0 Å². The molecule has 2 atom stereocenters. The summed E-state index contributed by atoms with van der Waals surface area (Å²) in [6.45, 7) is 6.71. The van der Waals surface area contributed by atoms with Crippen LogP contribution < -0.4 is 11.1 Å². The molecule has 42 heavy (non-hydrogen) atoms. The second-order valence-corrected chi connectivity index (χ2v) is 11.7. The molecular formula is C39H37N3. The Morgan fingerprint density at radius 2 is 1.50 bits per heavy atom. The zero-order valence-electron chi connectivity index (χ0n) is 24.4. The summed E-state index contributed by atoms with van der Waals surface area (Å²) in [6, 6.07) is 38.8. The Kier molecular flexibility index (Phi) is 7.47. The highest BCUT2D eigenvalue weighted by Crippen LogP contribution is 2.53. The molecule has 0 bridgehead atoms. The van der Waals surface area contributed by atoms with Gasteiger partial charge in [0.1, 0.15) is 0 Å². The Labute approximate surface area is 248 Å². The quantitative estimate of drug-likeness (QED) is 0.134. The van der Waals surface area contributed by atoms with Crippen molar-refractivity contribution in [2.45, 2.75) is 38.4 Å². The van der Waals surface area contributed by atoms with Gasteiger partial charge in [0.2, 0.25) is 0 Å². The van der Waals surface area contributed by atoms with Gasteiger partial charge in [-0.25, -0.2) is 0 Å². The third-order valence-corrected chi connectivity index (χ3v) is 8.60. The maximum absolute atomic E-state index is 7.59. The highest BCUT2D eigenvalue weighted by atomic mass is 15.0. The van der Waals surface area contributed by atoms with Crippen LogP contribution in [0, 0.1) is 5.41 Å². The number of hydrogen-bond acceptors (Lipinski definition) is 3. The molecule has 0 heterocycles. The second kappa shape index (κ2) is 11.4. The minimum absolute atomic E-state index is 0.0721. The molecule has 3 heteroatoms. The molecule has 2 unspecified atom stereocenters. The van der Waals surface area contributed by atoms with E-state index >= 15 is 0 Å². The molecule has 0 aromatic heterocycles. The van der Waals surface area contributed by atoms with Crippen LogP contribution in [0.25, 0.3) is 39.1 Å². The van der Waals surface area contributed by atoms with Crippen molar-refractivity contribution in [1.82, 2.24) is 5.32 Å². The van der Waals surface area contributed by atoms with Crippen molar-refractivity contribution >= 4 is 23.1 Å². The molecule has 5 aromatic rings. The first-order valence-corrected chi connectivity index (χ1v) is 14.6. The number of benzene rings is 5. The Balaban J connectivity index is 1.37. The molecule has 3 nitrogen and oxygen atoms in total. The molecule has 4 N–H and O–H groups in total. The summed E-state index contributed by atoms with van der Waals surface area (Å²) < 4.78 is 0. The van der Waals surface area contributed by atoms with E-state index in [1.807, 2.05) is 43.3 Å². The number of allylic oxidation sites excluding steroid dienone is 1. The smallest absolute Gasteiger partial charge is 0.0817 e. The van der Waals surface area contributed by atoms with Crippen molar-refractivity contribution in [3.05, 3.63) is 149 Å². The van der Waals surface area contributed by atoms with Crippen LogP contribution in [0.3, 0.4) is 0 Å². The number of nitrogens with one attached hydrogen (secondary N) is 2. The van der Waals surface area contributed by atoms with E-state index in [4.69, 9.17) is 11.1 Å². The maximum atomic E-state index is 7.59. The summed E-state index contributed by atoms with van der Waals surface area (Å²) in [5.41, 5.74) is 17.5. The van der Waals surface area contributed by atoms with Gasteiger partial charge in [0, 0.05) is 17.7 Å². The lowest BCUT2D eigenvalue weighted by Crippen LogP contribution is -2.37. The van der Waals surface area contributed by atoms with Gasteiger partial charge in [-0.3, -0.25) is 5.32 Å². The summed E-state index contributed by atoms with van der Waals surface area (Å²) in [4.78, 5) is 0. The minimum Gasteiger partial charge on any atom is -0.312 e. The number of rotatable bonds is 8. The van der Waals surface area contributed by atoms with E-state index < -0.39 is 0 Å². The van der Waals surface area contributed by atoms with Gasteiger partial charge < -0.3 is 11.1 Å². The standard InChI is InChI=1S/C39H37N3/c1-26(21-22-40)36(42-38(41)28-12-5-4-6-13-28)20-19-27-11-9-16-31(23-27)32-17-10-18-34-37(32)33-24-29-14-7-8-15-30(29)25-35(33)39(34,2)3/h4-25,36,38,40,42H,41H2,1-3H3/b20-19+,26-21+,40-22?. The van der Waals surface area contributed by atoms with Crippen molar-refractivity contribution in [3.63, 3.8) is 0 Å². The topological polar surface area (TPSA) is 61.9 Å². The van der Waals surface area contributed by atoms with Gasteiger partial charge in [0.05, 0.1) is 6.17 Å². The minimum atomic E-state index is -0.326. The summed E-state index contributed by atoms with van der Waals surface area (Å²) in [5.74, 6) is 0. The molecule has 1 aliphatic rings. The highest BCUT2D eigenvalue weighted by Gasteiger charge is 2.37. The van der Waals surface area contributed by atoms with Crippen LogP contribution in [0.2, 0.25) is 0 Å². The number of fused-ring (bicyclic) bond motifs is 4. The van der Waals surface area contributed by atoms with E-state index in [9.17, 15) is 0 Å². The predicted octanol–water partition coefficient (Wildman–Crippen LogP) is 9.04. The van der Waals surface area contributed by atoms with Crippen LogP contribution in [0.15, 0.2) is 127 Å². The fourth-order valence-electron chi connectivity index (χ4n) is 6.25. The van der Waals surface area contributed by atoms with Crippen LogP contribution in [0.1, 0.15) is 49.2 Å². The first-order chi connectivity index (χ1) is 20.4. The van der Waals surface area contributed by atoms with Crippen LogP contribution in [0.5, 0.6) is 0 Å². The van der Waals surface area contributed by atoms with Crippen molar-refractivity contribution in [2.75, 3.05) is 0 Å². The molecule has 0 spiro atoms. The predicted molar refractivity (Wildman–Crippen MR) is 179 cm³/mol. The summed E-state index contributed by atoms with van der Waals surface area (Å²) in [6.07, 6.45) is 7.09. The molecule has 0 saturated carbocycles. The average Bonchev–Trinajstić information content (AvgIpc) is 3.24. The van der Waals surface area contributed by atoms with Gasteiger partial charge in [-0.15, -0.1) is 0 Å². The lowest BCUT2D eigenvalue weighted by molar-refractivity contribution is 0.530. The zero-order valence-corrected chi connectivity index (χ0v) is 24.4. The van der Waals surface area contributed by atoms with Crippen molar-refractivity contribution in [1.29, 1.82) is 5.41 Å². The molecule has 0 radical (unpaired) electrons. The molecule has 5 aromatic carbocycles. The third-order valence-electron chi connectivity index (χ3n) is 8.60. The molecule has 1 aliphatic carbocycles. The van der Waals surface area contributed by atoms with Crippen molar-refractivity contribution in [3.8, 4) is 22.3 Å².